The van der Waals surface area contributed by atoms with Gasteiger partial charge in [0.25, 0.3) is 0 Å². The Hall–Kier alpha value is -1.96. The summed E-state index contributed by atoms with van der Waals surface area (Å²) in [5, 5.41) is 0. The van der Waals surface area contributed by atoms with E-state index < -0.39 is 15.9 Å². The first-order valence-corrected chi connectivity index (χ1v) is 8.11. The van der Waals surface area contributed by atoms with Crippen molar-refractivity contribution in [3.63, 3.8) is 0 Å². The first-order chi connectivity index (χ1) is 9.97. The largest absolute Gasteiger partial charge is 0.495 e. The van der Waals surface area contributed by atoms with Crippen LogP contribution in [-0.2, 0) is 9.84 Å². The van der Waals surface area contributed by atoms with Crippen molar-refractivity contribution in [1.29, 1.82) is 0 Å². The van der Waals surface area contributed by atoms with Crippen molar-refractivity contribution in [2.45, 2.75) is 10.9 Å². The van der Waals surface area contributed by atoms with Crippen LogP contribution in [0.25, 0.3) is 0 Å². The lowest BCUT2D eigenvalue weighted by atomic mass is 10.0. The third-order valence-electron chi connectivity index (χ3n) is 3.10. The number of hydrogen-bond donors (Lipinski definition) is 2. The fourth-order valence-electron chi connectivity index (χ4n) is 2.03. The molecule has 0 aliphatic rings. The van der Waals surface area contributed by atoms with Crippen LogP contribution in [0.1, 0.15) is 17.3 Å². The molecule has 1 heterocycles. The minimum atomic E-state index is -3.22. The van der Waals surface area contributed by atoms with Gasteiger partial charge in [-0.2, -0.15) is 0 Å². The van der Waals surface area contributed by atoms with Gasteiger partial charge in [-0.05, 0) is 29.8 Å². The van der Waals surface area contributed by atoms with Crippen LogP contribution in [-0.4, -0.2) is 26.8 Å². The Kier molecular flexibility index (Phi) is 4.56. The molecular formula is C14H17N3O3S. The summed E-state index contributed by atoms with van der Waals surface area (Å²) < 4.78 is 28.2. The minimum absolute atomic E-state index is 0.259. The van der Waals surface area contributed by atoms with E-state index in [4.69, 9.17) is 10.6 Å². The number of nitrogens with zero attached hydrogens (tertiary/aromatic N) is 1. The molecule has 0 radical (unpaired) electrons. The van der Waals surface area contributed by atoms with Crippen molar-refractivity contribution in [3.8, 4) is 5.75 Å². The van der Waals surface area contributed by atoms with Crippen molar-refractivity contribution < 1.29 is 13.2 Å². The molecule has 2 rings (SSSR count). The van der Waals surface area contributed by atoms with Crippen LogP contribution in [0.4, 0.5) is 0 Å². The lowest BCUT2D eigenvalue weighted by Gasteiger charge is -2.18. The van der Waals surface area contributed by atoms with Crippen molar-refractivity contribution in [1.82, 2.24) is 10.4 Å². The molecule has 1 aromatic heterocycles. The number of nitrogens with one attached hydrogen (secondary N) is 1. The van der Waals surface area contributed by atoms with Gasteiger partial charge in [0.05, 0.1) is 18.0 Å². The molecule has 0 saturated heterocycles. The number of pyridine rings is 1. The molecule has 112 valence electrons. The lowest BCUT2D eigenvalue weighted by molar-refractivity contribution is 0.400. The summed E-state index contributed by atoms with van der Waals surface area (Å²) >= 11 is 0. The Morgan fingerprint density at radius 2 is 1.90 bits per heavy atom. The van der Waals surface area contributed by atoms with Crippen LogP contribution in [0.2, 0.25) is 0 Å². The molecule has 0 saturated carbocycles. The van der Waals surface area contributed by atoms with E-state index in [0.717, 1.165) is 5.56 Å². The standard InChI is InChI=1S/C14H17N3O3S/c1-20-12-4-3-9-16-14(12)13(17-15)10-5-7-11(8-6-10)21(2,18)19/h3-9,13,17H,15H2,1-2H3. The second-order valence-electron chi connectivity index (χ2n) is 4.53. The normalized spacial score (nSPS) is 12.9. The monoisotopic (exact) mass is 307 g/mol. The summed E-state index contributed by atoms with van der Waals surface area (Å²) in [5.74, 6) is 6.22. The Labute approximate surface area is 123 Å². The fraction of sp³-hybridized carbons (Fsp3) is 0.214. The summed E-state index contributed by atoms with van der Waals surface area (Å²) in [6.07, 6.45) is 2.81. The number of rotatable bonds is 5. The number of hydrogen-bond acceptors (Lipinski definition) is 6. The maximum Gasteiger partial charge on any atom is 0.175 e. The van der Waals surface area contributed by atoms with E-state index in [0.29, 0.717) is 11.4 Å². The van der Waals surface area contributed by atoms with Crippen LogP contribution >= 0.6 is 0 Å². The average Bonchev–Trinajstić information content (AvgIpc) is 2.48. The van der Waals surface area contributed by atoms with E-state index >= 15 is 0 Å². The number of sulfone groups is 1. The number of ether oxygens (including phenoxy) is 1. The summed E-state index contributed by atoms with van der Waals surface area (Å²) in [6, 6.07) is 9.66. The molecule has 0 spiro atoms. The molecule has 7 heteroatoms. The van der Waals surface area contributed by atoms with E-state index in [1.165, 1.54) is 6.26 Å². The van der Waals surface area contributed by atoms with Crippen LogP contribution in [0, 0.1) is 0 Å². The zero-order valence-corrected chi connectivity index (χ0v) is 12.6. The number of nitrogens with two attached hydrogens (primary N) is 1. The Morgan fingerprint density at radius 3 is 2.43 bits per heavy atom. The molecule has 0 fully saturated rings. The smallest absolute Gasteiger partial charge is 0.175 e. The molecule has 2 aromatic rings. The van der Waals surface area contributed by atoms with Gasteiger partial charge < -0.3 is 4.74 Å². The van der Waals surface area contributed by atoms with Crippen molar-refractivity contribution in [2.75, 3.05) is 13.4 Å². The first kappa shape index (κ1) is 15.4. The number of hydrazine groups is 1. The number of benzene rings is 1. The van der Waals surface area contributed by atoms with Gasteiger partial charge in [-0.15, -0.1) is 0 Å². The van der Waals surface area contributed by atoms with Crippen LogP contribution in [0.3, 0.4) is 0 Å². The molecule has 3 N–H and O–H groups in total. The molecule has 0 bridgehead atoms. The van der Waals surface area contributed by atoms with Gasteiger partial charge in [-0.25, -0.2) is 13.8 Å². The molecule has 1 unspecified atom stereocenters. The van der Waals surface area contributed by atoms with Crippen molar-refractivity contribution in [2.24, 2.45) is 5.84 Å². The van der Waals surface area contributed by atoms with E-state index in [1.807, 2.05) is 0 Å². The second-order valence-corrected chi connectivity index (χ2v) is 6.55. The fourth-order valence-corrected chi connectivity index (χ4v) is 2.66. The minimum Gasteiger partial charge on any atom is -0.495 e. The SMILES string of the molecule is COc1cccnc1C(NN)c1ccc(S(C)(=O)=O)cc1. The number of methoxy groups -OCH3 is 1. The van der Waals surface area contributed by atoms with Gasteiger partial charge in [0.1, 0.15) is 11.4 Å². The molecule has 1 atom stereocenters. The number of aromatic nitrogens is 1. The third-order valence-corrected chi connectivity index (χ3v) is 4.23. The average molecular weight is 307 g/mol. The van der Waals surface area contributed by atoms with Crippen LogP contribution in [0.5, 0.6) is 5.75 Å². The van der Waals surface area contributed by atoms with E-state index in [2.05, 4.69) is 10.4 Å². The summed E-state index contributed by atoms with van der Waals surface area (Å²) in [5.41, 5.74) is 4.10. The molecule has 1 aromatic carbocycles. The van der Waals surface area contributed by atoms with E-state index in [1.54, 1.807) is 49.7 Å². The predicted octanol–water partition coefficient (Wildman–Crippen LogP) is 1.05. The third kappa shape index (κ3) is 3.38. The van der Waals surface area contributed by atoms with Gasteiger partial charge in [0.2, 0.25) is 0 Å². The first-order valence-electron chi connectivity index (χ1n) is 6.22. The van der Waals surface area contributed by atoms with Crippen LogP contribution < -0.4 is 16.0 Å². The van der Waals surface area contributed by atoms with Gasteiger partial charge >= 0.3 is 0 Å². The van der Waals surface area contributed by atoms with Crippen LogP contribution in [0.15, 0.2) is 47.5 Å². The van der Waals surface area contributed by atoms with Crippen molar-refractivity contribution >= 4 is 9.84 Å². The summed E-state index contributed by atoms with van der Waals surface area (Å²) in [7, 11) is -1.67. The van der Waals surface area contributed by atoms with Gasteiger partial charge in [0, 0.05) is 12.5 Å². The molecule has 0 aliphatic heterocycles. The zero-order chi connectivity index (χ0) is 15.5. The highest BCUT2D eigenvalue weighted by Crippen LogP contribution is 2.27. The van der Waals surface area contributed by atoms with Gasteiger partial charge in [-0.1, -0.05) is 12.1 Å². The molecule has 0 amide bonds. The second kappa shape index (κ2) is 6.21. The zero-order valence-electron chi connectivity index (χ0n) is 11.8. The van der Waals surface area contributed by atoms with E-state index in [-0.39, 0.29) is 4.90 Å². The maximum atomic E-state index is 11.5. The quantitative estimate of drug-likeness (QED) is 0.633. The van der Waals surface area contributed by atoms with Gasteiger partial charge in [0.15, 0.2) is 9.84 Å². The molecule has 6 nitrogen and oxygen atoms in total. The molecule has 21 heavy (non-hydrogen) atoms. The summed E-state index contributed by atoms with van der Waals surface area (Å²) in [4.78, 5) is 4.54. The Morgan fingerprint density at radius 1 is 1.24 bits per heavy atom. The topological polar surface area (TPSA) is 94.3 Å². The molecule has 0 aliphatic carbocycles. The van der Waals surface area contributed by atoms with Crippen molar-refractivity contribution in [3.05, 3.63) is 53.9 Å². The molecular weight excluding hydrogens is 290 g/mol. The Balaban J connectivity index is 2.42. The van der Waals surface area contributed by atoms with E-state index in [9.17, 15) is 8.42 Å². The highest BCUT2D eigenvalue weighted by molar-refractivity contribution is 7.90. The summed E-state index contributed by atoms with van der Waals surface area (Å²) in [6.45, 7) is 0. The van der Waals surface area contributed by atoms with Gasteiger partial charge in [-0.3, -0.25) is 10.8 Å². The highest BCUT2D eigenvalue weighted by Gasteiger charge is 2.19. The maximum absolute atomic E-state index is 11.5. The Bertz CT molecular complexity index is 714. The highest BCUT2D eigenvalue weighted by atomic mass is 32.2. The predicted molar refractivity (Wildman–Crippen MR) is 79.5 cm³/mol. The lowest BCUT2D eigenvalue weighted by Crippen LogP contribution is -2.29.